The van der Waals surface area contributed by atoms with E-state index in [9.17, 15) is 4.79 Å². The maximum atomic E-state index is 10.4. The van der Waals surface area contributed by atoms with Crippen LogP contribution in [0.5, 0.6) is 0 Å². The van der Waals surface area contributed by atoms with Crippen molar-refractivity contribution < 1.29 is 14.3 Å². The van der Waals surface area contributed by atoms with Gasteiger partial charge in [-0.2, -0.15) is 0 Å². The summed E-state index contributed by atoms with van der Waals surface area (Å²) >= 11 is 5.05. The zero-order valence-electron chi connectivity index (χ0n) is 7.12. The van der Waals surface area contributed by atoms with Gasteiger partial charge in [0.1, 0.15) is 5.76 Å². The number of allylic oxidation sites excluding steroid dienone is 4. The minimum absolute atomic E-state index is 0.409. The lowest BCUT2D eigenvalue weighted by atomic mass is 10.3. The van der Waals surface area contributed by atoms with Gasteiger partial charge in [-0.15, -0.1) is 0 Å². The van der Waals surface area contributed by atoms with E-state index in [1.54, 1.807) is 25.3 Å². The van der Waals surface area contributed by atoms with Crippen LogP contribution in [0.1, 0.15) is 6.42 Å². The molecule has 1 rings (SSSR count). The van der Waals surface area contributed by atoms with Gasteiger partial charge in [-0.1, -0.05) is 6.08 Å². The van der Waals surface area contributed by atoms with Gasteiger partial charge in [-0.05, 0) is 18.2 Å². The van der Waals surface area contributed by atoms with Crippen LogP contribution >= 0.6 is 11.6 Å². The molecule has 0 spiro atoms. The van der Waals surface area contributed by atoms with E-state index in [0.29, 0.717) is 12.2 Å². The van der Waals surface area contributed by atoms with Crippen LogP contribution in [-0.2, 0) is 9.47 Å². The fourth-order valence-corrected chi connectivity index (χ4v) is 0.991. The molecule has 0 radical (unpaired) electrons. The molecule has 1 aliphatic rings. The van der Waals surface area contributed by atoms with Gasteiger partial charge in [0.2, 0.25) is 0 Å². The summed E-state index contributed by atoms with van der Waals surface area (Å²) in [5.74, 6) is 1.21. The third kappa shape index (κ3) is 3.34. The van der Waals surface area contributed by atoms with Gasteiger partial charge >= 0.3 is 5.43 Å². The highest BCUT2D eigenvalue weighted by molar-refractivity contribution is 6.61. The van der Waals surface area contributed by atoms with Crippen LogP contribution in [0.4, 0.5) is 4.79 Å². The van der Waals surface area contributed by atoms with Crippen molar-refractivity contribution in [2.75, 3.05) is 7.11 Å². The van der Waals surface area contributed by atoms with Crippen molar-refractivity contribution >= 4 is 17.0 Å². The van der Waals surface area contributed by atoms with Crippen LogP contribution in [0.3, 0.4) is 0 Å². The summed E-state index contributed by atoms with van der Waals surface area (Å²) in [4.78, 5) is 10.4. The standard InChI is InChI=1S/C9H9ClO3/c1-12-7-3-2-4-8(6-5-7)13-9(10)11/h2,4-6H,3H2,1H3. The minimum atomic E-state index is -0.842. The maximum absolute atomic E-state index is 10.4. The lowest BCUT2D eigenvalue weighted by Crippen LogP contribution is -1.90. The minimum Gasteiger partial charge on any atom is -0.501 e. The van der Waals surface area contributed by atoms with Crippen LogP contribution in [0.25, 0.3) is 0 Å². The number of ether oxygens (including phenoxy) is 2. The molecule has 0 saturated heterocycles. The second kappa shape index (κ2) is 4.72. The first-order chi connectivity index (χ1) is 6.22. The molecule has 1 aliphatic carbocycles. The fraction of sp³-hybridized carbons (Fsp3) is 0.222. The SMILES string of the molecule is COC1=CC=C(OC(=O)Cl)C=CC1. The van der Waals surface area contributed by atoms with E-state index in [1.807, 2.05) is 6.08 Å². The van der Waals surface area contributed by atoms with E-state index in [1.165, 1.54) is 0 Å². The first kappa shape index (κ1) is 9.86. The molecule has 0 bridgehead atoms. The number of hydrogen-bond donors (Lipinski definition) is 0. The molecule has 0 amide bonds. The Hall–Kier alpha value is -1.22. The molecule has 0 aromatic carbocycles. The molecule has 0 atom stereocenters. The fourth-order valence-electron chi connectivity index (χ4n) is 0.902. The van der Waals surface area contributed by atoms with Crippen LogP contribution in [-0.4, -0.2) is 12.5 Å². The molecule has 0 aliphatic heterocycles. The topological polar surface area (TPSA) is 35.5 Å². The third-order valence-corrected chi connectivity index (χ3v) is 1.57. The first-order valence-corrected chi connectivity index (χ1v) is 4.09. The van der Waals surface area contributed by atoms with Crippen LogP contribution in [0.2, 0.25) is 0 Å². The first-order valence-electron chi connectivity index (χ1n) is 3.71. The van der Waals surface area contributed by atoms with Crippen LogP contribution < -0.4 is 0 Å². The summed E-state index contributed by atoms with van der Waals surface area (Å²) < 4.78 is 9.68. The Bertz CT molecular complexity index is 289. The highest BCUT2D eigenvalue weighted by Gasteiger charge is 2.02. The smallest absolute Gasteiger partial charge is 0.409 e. The molecule has 0 aromatic rings. The van der Waals surface area contributed by atoms with Gasteiger partial charge in [0, 0.05) is 18.0 Å². The molecule has 3 nitrogen and oxygen atoms in total. The third-order valence-electron chi connectivity index (χ3n) is 1.49. The van der Waals surface area contributed by atoms with Crippen molar-refractivity contribution in [3.63, 3.8) is 0 Å². The van der Waals surface area contributed by atoms with Crippen molar-refractivity contribution in [2.45, 2.75) is 6.42 Å². The molecule has 13 heavy (non-hydrogen) atoms. The Morgan fingerprint density at radius 2 is 2.31 bits per heavy atom. The lowest BCUT2D eigenvalue weighted by Gasteiger charge is -1.98. The summed E-state index contributed by atoms with van der Waals surface area (Å²) in [6, 6.07) is 0. The molecule has 0 saturated carbocycles. The molecule has 70 valence electrons. The number of halogens is 1. The predicted molar refractivity (Wildman–Crippen MR) is 49.3 cm³/mol. The van der Waals surface area contributed by atoms with Gasteiger partial charge in [-0.3, -0.25) is 0 Å². The largest absolute Gasteiger partial charge is 0.501 e. The number of carbonyl (C=O) groups is 1. The van der Waals surface area contributed by atoms with Crippen molar-refractivity contribution in [3.05, 3.63) is 35.8 Å². The number of carbonyl (C=O) groups excluding carboxylic acids is 1. The summed E-state index contributed by atoms with van der Waals surface area (Å²) in [7, 11) is 1.59. The second-order valence-electron chi connectivity index (χ2n) is 2.35. The quantitative estimate of drug-likeness (QED) is 0.643. The van der Waals surface area contributed by atoms with Gasteiger partial charge < -0.3 is 9.47 Å². The Morgan fingerprint density at radius 1 is 1.54 bits per heavy atom. The van der Waals surface area contributed by atoms with Gasteiger partial charge in [0.05, 0.1) is 12.9 Å². The summed E-state index contributed by atoms with van der Waals surface area (Å²) in [5, 5.41) is 0. The van der Waals surface area contributed by atoms with Crippen LogP contribution in [0, 0.1) is 0 Å². The van der Waals surface area contributed by atoms with Crippen molar-refractivity contribution in [3.8, 4) is 0 Å². The zero-order valence-corrected chi connectivity index (χ0v) is 7.88. The number of rotatable bonds is 2. The Balaban J connectivity index is 2.70. The second-order valence-corrected chi connectivity index (χ2v) is 2.66. The van der Waals surface area contributed by atoms with E-state index in [0.717, 1.165) is 5.76 Å². The molecule has 0 fully saturated rings. The molecule has 0 N–H and O–H groups in total. The summed E-state index contributed by atoms with van der Waals surface area (Å²) in [6.45, 7) is 0. The number of hydrogen-bond acceptors (Lipinski definition) is 3. The van der Waals surface area contributed by atoms with Gasteiger partial charge in [0.15, 0.2) is 0 Å². The highest BCUT2D eigenvalue weighted by Crippen LogP contribution is 2.13. The number of methoxy groups -OCH3 is 1. The van der Waals surface area contributed by atoms with E-state index in [2.05, 4.69) is 4.74 Å². The Kier molecular flexibility index (Phi) is 3.58. The van der Waals surface area contributed by atoms with Gasteiger partial charge in [-0.25, -0.2) is 4.79 Å². The average Bonchev–Trinajstić information content (AvgIpc) is 2.29. The molecule has 0 aromatic heterocycles. The summed E-state index contributed by atoms with van der Waals surface area (Å²) in [6.07, 6.45) is 7.53. The normalized spacial score (nSPS) is 15.5. The van der Waals surface area contributed by atoms with E-state index in [-0.39, 0.29) is 0 Å². The molecular weight excluding hydrogens is 192 g/mol. The molecular formula is C9H9ClO3. The Morgan fingerprint density at radius 3 is 2.92 bits per heavy atom. The molecule has 0 heterocycles. The maximum Gasteiger partial charge on any atom is 0.409 e. The Labute approximate surface area is 81.3 Å². The zero-order chi connectivity index (χ0) is 9.68. The predicted octanol–water partition coefficient (Wildman–Crippen LogP) is 2.74. The lowest BCUT2D eigenvalue weighted by molar-refractivity contribution is 0.206. The van der Waals surface area contributed by atoms with E-state index < -0.39 is 5.43 Å². The highest BCUT2D eigenvalue weighted by atomic mass is 35.5. The van der Waals surface area contributed by atoms with E-state index in [4.69, 9.17) is 16.3 Å². The monoisotopic (exact) mass is 200 g/mol. The van der Waals surface area contributed by atoms with Crippen molar-refractivity contribution in [2.24, 2.45) is 0 Å². The van der Waals surface area contributed by atoms with E-state index >= 15 is 0 Å². The molecule has 0 unspecified atom stereocenters. The average molecular weight is 201 g/mol. The molecule has 4 heteroatoms. The van der Waals surface area contributed by atoms with Crippen molar-refractivity contribution in [1.82, 2.24) is 0 Å². The van der Waals surface area contributed by atoms with Crippen molar-refractivity contribution in [1.29, 1.82) is 0 Å². The summed E-state index contributed by atoms with van der Waals surface area (Å²) in [5.41, 5.74) is -0.842. The van der Waals surface area contributed by atoms with Crippen LogP contribution in [0.15, 0.2) is 35.8 Å². The van der Waals surface area contributed by atoms with Gasteiger partial charge in [0.25, 0.3) is 0 Å².